The maximum Gasteiger partial charge on any atom is 0.343 e. The Morgan fingerprint density at radius 1 is 1.30 bits per heavy atom. The zero-order chi connectivity index (χ0) is 18.9. The Kier molecular flexibility index (Phi) is 4.86. The molecule has 2 saturated heterocycles. The molecule has 1 N–H and O–H groups in total. The van der Waals surface area contributed by atoms with Crippen LogP contribution in [0.4, 0.5) is 0 Å². The number of hydrogen-bond donors (Lipinski definition) is 1. The maximum absolute atomic E-state index is 12.8. The Bertz CT molecular complexity index is 844. The minimum atomic E-state index is -0.658. The van der Waals surface area contributed by atoms with Gasteiger partial charge in [0.15, 0.2) is 0 Å². The molecule has 0 spiro atoms. The van der Waals surface area contributed by atoms with Crippen molar-refractivity contribution in [1.82, 2.24) is 19.7 Å². The van der Waals surface area contributed by atoms with Gasteiger partial charge in [-0.05, 0) is 38.2 Å². The molecule has 0 saturated carbocycles. The molecule has 1 atom stereocenters. The first-order valence-electron chi connectivity index (χ1n) is 9.69. The third-order valence-corrected chi connectivity index (χ3v) is 5.79. The minimum absolute atomic E-state index is 0.0992. The highest BCUT2D eigenvalue weighted by Crippen LogP contribution is 2.31. The summed E-state index contributed by atoms with van der Waals surface area (Å²) in [5, 5.41) is 6.89. The van der Waals surface area contributed by atoms with E-state index in [1.807, 2.05) is 42.2 Å². The summed E-state index contributed by atoms with van der Waals surface area (Å²) < 4.78 is 7.42. The molecule has 2 aliphatic rings. The summed E-state index contributed by atoms with van der Waals surface area (Å²) in [5.74, 6) is 1.07. The van der Waals surface area contributed by atoms with Gasteiger partial charge in [-0.2, -0.15) is 5.10 Å². The number of hydrogen-bond acceptors (Lipinski definition) is 4. The van der Waals surface area contributed by atoms with Crippen LogP contribution in [0.5, 0.6) is 0 Å². The first kappa shape index (κ1) is 18.0. The van der Waals surface area contributed by atoms with Crippen LogP contribution in [0.25, 0.3) is 0 Å². The molecule has 1 aromatic heterocycles. The Labute approximate surface area is 158 Å². The number of amides is 1. The molecule has 2 aromatic rings. The fraction of sp³-hybridized carbons (Fsp3) is 0.550. The van der Waals surface area contributed by atoms with E-state index < -0.39 is 5.60 Å². The number of piperidine rings is 1. The van der Waals surface area contributed by atoms with Gasteiger partial charge >= 0.3 is 5.69 Å². The average molecular weight is 370 g/mol. The molecule has 7 heteroatoms. The van der Waals surface area contributed by atoms with Crippen LogP contribution in [0.3, 0.4) is 0 Å². The van der Waals surface area contributed by atoms with Crippen molar-refractivity contribution >= 4 is 5.91 Å². The molecule has 7 nitrogen and oxygen atoms in total. The average Bonchev–Trinajstić information content (AvgIpc) is 3.30. The summed E-state index contributed by atoms with van der Waals surface area (Å²) in [7, 11) is 0. The number of aromatic nitrogens is 3. The van der Waals surface area contributed by atoms with E-state index in [0.29, 0.717) is 26.2 Å². The molecule has 1 aromatic carbocycles. The van der Waals surface area contributed by atoms with Gasteiger partial charge < -0.3 is 9.64 Å². The third-order valence-electron chi connectivity index (χ3n) is 5.79. The monoisotopic (exact) mass is 370 g/mol. The van der Waals surface area contributed by atoms with Gasteiger partial charge in [0, 0.05) is 25.6 Å². The number of nitrogens with one attached hydrogen (secondary N) is 1. The molecular formula is C20H26N4O3. The Balaban J connectivity index is 1.44. The summed E-state index contributed by atoms with van der Waals surface area (Å²) >= 11 is 0. The van der Waals surface area contributed by atoms with E-state index in [4.69, 9.17) is 4.74 Å². The Hall–Kier alpha value is -2.41. The van der Waals surface area contributed by atoms with Crippen molar-refractivity contribution in [3.8, 4) is 0 Å². The number of carbonyl (C=O) groups is 1. The standard InChI is InChI=1S/C20H26N4O3/c1-20(10-5-13-27-20)18(25)23-11-8-16(9-12-23)17-21-22-19(26)24(17)14-15-6-3-2-4-7-15/h2-4,6-7,16H,5,8-14H2,1H3,(H,22,26)/t20-/m0/s1. The largest absolute Gasteiger partial charge is 0.365 e. The Morgan fingerprint density at radius 2 is 2.04 bits per heavy atom. The number of likely N-dealkylation sites (tertiary alicyclic amines) is 1. The summed E-state index contributed by atoms with van der Waals surface area (Å²) in [5.41, 5.74) is 0.231. The molecule has 2 fully saturated rings. The van der Waals surface area contributed by atoms with Crippen molar-refractivity contribution in [2.75, 3.05) is 19.7 Å². The second kappa shape index (κ2) is 7.31. The molecule has 0 unspecified atom stereocenters. The summed E-state index contributed by atoms with van der Waals surface area (Å²) in [6.45, 7) is 4.43. The van der Waals surface area contributed by atoms with E-state index in [1.54, 1.807) is 4.57 Å². The lowest BCUT2D eigenvalue weighted by Crippen LogP contribution is -2.49. The second-order valence-corrected chi connectivity index (χ2v) is 7.71. The molecular weight excluding hydrogens is 344 g/mol. The molecule has 1 amide bonds. The predicted octanol–water partition coefficient (Wildman–Crippen LogP) is 1.89. The van der Waals surface area contributed by atoms with Crippen molar-refractivity contribution in [3.63, 3.8) is 0 Å². The molecule has 27 heavy (non-hydrogen) atoms. The number of benzene rings is 1. The normalized spacial score (nSPS) is 23.7. The van der Waals surface area contributed by atoms with Gasteiger partial charge in [-0.15, -0.1) is 0 Å². The van der Waals surface area contributed by atoms with Gasteiger partial charge in [-0.3, -0.25) is 9.36 Å². The summed E-state index contributed by atoms with van der Waals surface area (Å²) in [6.07, 6.45) is 3.35. The van der Waals surface area contributed by atoms with E-state index in [9.17, 15) is 9.59 Å². The van der Waals surface area contributed by atoms with Crippen LogP contribution >= 0.6 is 0 Å². The van der Waals surface area contributed by atoms with Crippen molar-refractivity contribution in [2.24, 2.45) is 0 Å². The first-order valence-corrected chi connectivity index (χ1v) is 9.69. The first-order chi connectivity index (χ1) is 13.1. The van der Waals surface area contributed by atoms with Gasteiger partial charge in [0.1, 0.15) is 11.4 Å². The van der Waals surface area contributed by atoms with Crippen LogP contribution in [-0.2, 0) is 16.1 Å². The number of H-pyrrole nitrogens is 1. The highest BCUT2D eigenvalue weighted by molar-refractivity contribution is 5.85. The van der Waals surface area contributed by atoms with E-state index in [2.05, 4.69) is 10.2 Å². The van der Waals surface area contributed by atoms with Crippen LogP contribution in [0.2, 0.25) is 0 Å². The fourth-order valence-electron chi connectivity index (χ4n) is 4.18. The van der Waals surface area contributed by atoms with Crippen molar-refractivity contribution < 1.29 is 9.53 Å². The highest BCUT2D eigenvalue weighted by atomic mass is 16.5. The molecule has 0 radical (unpaired) electrons. The molecule has 3 heterocycles. The third kappa shape index (κ3) is 3.56. The molecule has 0 aliphatic carbocycles. The zero-order valence-electron chi connectivity index (χ0n) is 15.7. The maximum atomic E-state index is 12.8. The number of nitrogens with zero attached hydrogens (tertiary/aromatic N) is 3. The topological polar surface area (TPSA) is 80.2 Å². The van der Waals surface area contributed by atoms with Gasteiger partial charge in [0.2, 0.25) is 0 Å². The van der Waals surface area contributed by atoms with E-state index in [0.717, 1.165) is 37.1 Å². The minimum Gasteiger partial charge on any atom is -0.365 e. The Morgan fingerprint density at radius 3 is 2.70 bits per heavy atom. The lowest BCUT2D eigenvalue weighted by atomic mass is 9.93. The SMILES string of the molecule is C[C@@]1(C(=O)N2CCC(c3n[nH]c(=O)n3Cc3ccccc3)CC2)CCCO1. The number of ether oxygens (including phenoxy) is 1. The zero-order valence-corrected chi connectivity index (χ0v) is 15.7. The summed E-state index contributed by atoms with van der Waals surface area (Å²) in [6, 6.07) is 9.91. The van der Waals surface area contributed by atoms with E-state index in [-0.39, 0.29) is 17.5 Å². The number of aromatic amines is 1. The van der Waals surface area contributed by atoms with Crippen LogP contribution in [0.1, 0.15) is 49.9 Å². The smallest absolute Gasteiger partial charge is 0.343 e. The van der Waals surface area contributed by atoms with Crippen LogP contribution in [0.15, 0.2) is 35.1 Å². The molecule has 144 valence electrons. The van der Waals surface area contributed by atoms with Crippen molar-refractivity contribution in [2.45, 2.75) is 50.7 Å². The van der Waals surface area contributed by atoms with Crippen molar-refractivity contribution in [1.29, 1.82) is 0 Å². The number of carbonyl (C=O) groups excluding carboxylic acids is 1. The summed E-state index contributed by atoms with van der Waals surface area (Å²) in [4.78, 5) is 27.0. The quantitative estimate of drug-likeness (QED) is 0.891. The van der Waals surface area contributed by atoms with E-state index in [1.165, 1.54) is 0 Å². The van der Waals surface area contributed by atoms with Gasteiger partial charge in [-0.25, -0.2) is 9.89 Å². The second-order valence-electron chi connectivity index (χ2n) is 7.71. The van der Waals surface area contributed by atoms with E-state index >= 15 is 0 Å². The van der Waals surface area contributed by atoms with Gasteiger partial charge in [-0.1, -0.05) is 30.3 Å². The van der Waals surface area contributed by atoms with Crippen LogP contribution in [0, 0.1) is 0 Å². The lowest BCUT2D eigenvalue weighted by molar-refractivity contribution is -0.152. The van der Waals surface area contributed by atoms with Gasteiger partial charge in [0.25, 0.3) is 5.91 Å². The van der Waals surface area contributed by atoms with Crippen LogP contribution in [-0.4, -0.2) is 50.9 Å². The number of rotatable bonds is 4. The van der Waals surface area contributed by atoms with Crippen LogP contribution < -0.4 is 5.69 Å². The molecule has 0 bridgehead atoms. The highest BCUT2D eigenvalue weighted by Gasteiger charge is 2.41. The molecule has 4 rings (SSSR count). The van der Waals surface area contributed by atoms with Crippen molar-refractivity contribution in [3.05, 3.63) is 52.2 Å². The predicted molar refractivity (Wildman–Crippen MR) is 101 cm³/mol. The lowest BCUT2D eigenvalue weighted by Gasteiger charge is -2.36. The fourth-order valence-corrected chi connectivity index (χ4v) is 4.18. The molecule has 2 aliphatic heterocycles. The van der Waals surface area contributed by atoms with Gasteiger partial charge in [0.05, 0.1) is 6.54 Å².